The van der Waals surface area contributed by atoms with Gasteiger partial charge in [0, 0.05) is 29.5 Å². The lowest BCUT2D eigenvalue weighted by Crippen LogP contribution is -2.42. The number of esters is 1. The zero-order valence-corrected chi connectivity index (χ0v) is 16.1. The Labute approximate surface area is 155 Å². The fourth-order valence-electron chi connectivity index (χ4n) is 3.99. The predicted molar refractivity (Wildman–Crippen MR) is 102 cm³/mol. The van der Waals surface area contributed by atoms with E-state index in [1.807, 2.05) is 0 Å². The number of ether oxygens (including phenoxy) is 1. The minimum atomic E-state index is -0.479. The number of carbonyl (C=O) groups excluding carboxylic acids is 2. The highest BCUT2D eigenvalue weighted by molar-refractivity contribution is 5.89. The molecule has 1 amide bonds. The Morgan fingerprint density at radius 1 is 1.23 bits per heavy atom. The van der Waals surface area contributed by atoms with Gasteiger partial charge in [-0.15, -0.1) is 0 Å². The Morgan fingerprint density at radius 2 is 1.96 bits per heavy atom. The van der Waals surface area contributed by atoms with Crippen molar-refractivity contribution in [2.24, 2.45) is 5.92 Å². The molecule has 2 aliphatic carbocycles. The van der Waals surface area contributed by atoms with E-state index in [9.17, 15) is 9.59 Å². The summed E-state index contributed by atoms with van der Waals surface area (Å²) in [7, 11) is 0. The summed E-state index contributed by atoms with van der Waals surface area (Å²) < 4.78 is 7.43. The zero-order chi connectivity index (χ0) is 18.7. The van der Waals surface area contributed by atoms with Crippen molar-refractivity contribution < 1.29 is 14.3 Å². The lowest BCUT2D eigenvalue weighted by Gasteiger charge is -2.29. The molecule has 1 heterocycles. The second-order valence-corrected chi connectivity index (χ2v) is 7.80. The van der Waals surface area contributed by atoms with E-state index >= 15 is 0 Å². The van der Waals surface area contributed by atoms with E-state index in [-0.39, 0.29) is 18.6 Å². The van der Waals surface area contributed by atoms with Crippen LogP contribution >= 0.6 is 0 Å². The highest BCUT2D eigenvalue weighted by atomic mass is 16.5. The molecule has 5 heteroatoms. The topological polar surface area (TPSA) is 60.3 Å². The van der Waals surface area contributed by atoms with Gasteiger partial charge in [0.15, 0.2) is 6.61 Å². The van der Waals surface area contributed by atoms with Crippen molar-refractivity contribution in [1.82, 2.24) is 9.88 Å². The maximum atomic E-state index is 12.0. The van der Waals surface area contributed by atoms with Crippen LogP contribution in [0.1, 0.15) is 68.4 Å². The lowest BCUT2D eigenvalue weighted by atomic mass is 9.86. The monoisotopic (exact) mass is 358 g/mol. The zero-order valence-electron chi connectivity index (χ0n) is 16.1. The molecule has 0 radical (unpaired) electrons. The van der Waals surface area contributed by atoms with Crippen LogP contribution in [0.4, 0.5) is 0 Å². The highest BCUT2D eigenvalue weighted by Gasteiger charge is 2.26. The van der Waals surface area contributed by atoms with E-state index in [4.69, 9.17) is 4.74 Å². The van der Waals surface area contributed by atoms with E-state index in [1.165, 1.54) is 36.7 Å². The predicted octanol–water partition coefficient (Wildman–Crippen LogP) is 3.69. The van der Waals surface area contributed by atoms with Crippen molar-refractivity contribution in [3.63, 3.8) is 0 Å². The molecule has 0 unspecified atom stereocenters. The van der Waals surface area contributed by atoms with Crippen LogP contribution in [0, 0.1) is 19.8 Å². The quantitative estimate of drug-likeness (QED) is 0.623. The Kier molecular flexibility index (Phi) is 5.84. The van der Waals surface area contributed by atoms with Crippen molar-refractivity contribution in [2.75, 3.05) is 6.61 Å². The smallest absolute Gasteiger partial charge is 0.331 e. The molecule has 1 aromatic rings. The Balaban J connectivity index is 1.47. The first-order chi connectivity index (χ1) is 12.5. The van der Waals surface area contributed by atoms with E-state index in [0.717, 1.165) is 24.8 Å². The number of carbonyl (C=O) groups is 2. The fraction of sp³-hybridized carbons (Fsp3) is 0.619. The number of hydrogen-bond acceptors (Lipinski definition) is 3. The van der Waals surface area contributed by atoms with Gasteiger partial charge in [-0.1, -0.05) is 19.8 Å². The number of rotatable bonds is 6. The first kappa shape index (κ1) is 18.7. The third-order valence-corrected chi connectivity index (χ3v) is 5.64. The Hall–Kier alpha value is -2.04. The summed E-state index contributed by atoms with van der Waals surface area (Å²) in [6.45, 7) is 6.12. The van der Waals surface area contributed by atoms with Gasteiger partial charge in [0.25, 0.3) is 5.91 Å². The maximum Gasteiger partial charge on any atom is 0.331 e. The minimum Gasteiger partial charge on any atom is -0.452 e. The Bertz CT molecular complexity index is 700. The van der Waals surface area contributed by atoms with Crippen molar-refractivity contribution >= 4 is 18.0 Å². The molecule has 2 aliphatic rings. The number of aryl methyl sites for hydroxylation is 1. The number of hydrogen-bond donors (Lipinski definition) is 1. The fourth-order valence-corrected chi connectivity index (χ4v) is 3.99. The number of nitrogens with zero attached hydrogens (tertiary/aromatic N) is 1. The van der Waals surface area contributed by atoms with Gasteiger partial charge < -0.3 is 14.6 Å². The van der Waals surface area contributed by atoms with Gasteiger partial charge >= 0.3 is 5.97 Å². The second-order valence-electron chi connectivity index (χ2n) is 7.80. The summed E-state index contributed by atoms with van der Waals surface area (Å²) in [5.41, 5.74) is 3.43. The maximum absolute atomic E-state index is 12.0. The summed E-state index contributed by atoms with van der Waals surface area (Å²) in [6, 6.07) is 2.92. The van der Waals surface area contributed by atoms with E-state index in [1.54, 1.807) is 6.08 Å². The van der Waals surface area contributed by atoms with E-state index in [2.05, 4.69) is 36.7 Å². The van der Waals surface area contributed by atoms with Gasteiger partial charge in [-0.25, -0.2) is 4.79 Å². The summed E-state index contributed by atoms with van der Waals surface area (Å²) in [6.07, 6.45) is 10.2. The number of aromatic nitrogens is 1. The standard InChI is InChI=1S/C21H30N2O3/c1-14-6-4-5-7-19(14)22-20(24)13-26-21(25)11-8-17-12-15(2)23(16(17)3)18-9-10-18/h8,11-12,14,18-19H,4-7,9-10,13H2,1-3H3,(H,22,24)/b11-8+/t14-,19-/m1/s1. The Morgan fingerprint density at radius 3 is 2.65 bits per heavy atom. The van der Waals surface area contributed by atoms with Crippen LogP contribution in [0.5, 0.6) is 0 Å². The minimum absolute atomic E-state index is 0.207. The van der Waals surface area contributed by atoms with Gasteiger partial charge in [-0.2, -0.15) is 0 Å². The summed E-state index contributed by atoms with van der Waals surface area (Å²) in [4.78, 5) is 23.9. The summed E-state index contributed by atoms with van der Waals surface area (Å²) in [5.74, 6) is -0.199. The second kappa shape index (κ2) is 8.11. The van der Waals surface area contributed by atoms with E-state index in [0.29, 0.717) is 12.0 Å². The normalized spacial score (nSPS) is 23.2. The molecule has 1 aromatic heterocycles. The van der Waals surface area contributed by atoms with Crippen molar-refractivity contribution in [1.29, 1.82) is 0 Å². The van der Waals surface area contributed by atoms with Crippen LogP contribution in [0.25, 0.3) is 6.08 Å². The van der Waals surface area contributed by atoms with Crippen molar-refractivity contribution in [3.8, 4) is 0 Å². The molecule has 0 aliphatic heterocycles. The molecule has 2 fully saturated rings. The van der Waals surface area contributed by atoms with Crippen LogP contribution in [0.15, 0.2) is 12.1 Å². The lowest BCUT2D eigenvalue weighted by molar-refractivity contribution is -0.144. The van der Waals surface area contributed by atoms with Crippen molar-refractivity contribution in [2.45, 2.75) is 71.4 Å². The molecule has 2 saturated carbocycles. The molecule has 0 saturated heterocycles. The van der Waals surface area contributed by atoms with Gasteiger partial charge in [-0.3, -0.25) is 4.79 Å². The van der Waals surface area contributed by atoms with Gasteiger partial charge in [0.2, 0.25) is 0 Å². The third kappa shape index (κ3) is 4.57. The van der Waals surface area contributed by atoms with Crippen LogP contribution in [0.3, 0.4) is 0 Å². The molecule has 2 atom stereocenters. The molecule has 142 valence electrons. The van der Waals surface area contributed by atoms with Gasteiger partial charge in [-0.05, 0) is 63.2 Å². The molecule has 0 spiro atoms. The molecule has 0 bridgehead atoms. The van der Waals surface area contributed by atoms with Crippen LogP contribution < -0.4 is 5.32 Å². The van der Waals surface area contributed by atoms with E-state index < -0.39 is 5.97 Å². The molecule has 0 aromatic carbocycles. The van der Waals surface area contributed by atoms with Crippen LogP contribution in [-0.2, 0) is 14.3 Å². The molecule has 26 heavy (non-hydrogen) atoms. The molecule has 5 nitrogen and oxygen atoms in total. The molecular formula is C21H30N2O3. The first-order valence-corrected chi connectivity index (χ1v) is 9.78. The molecular weight excluding hydrogens is 328 g/mol. The largest absolute Gasteiger partial charge is 0.452 e. The molecule has 3 rings (SSSR count). The first-order valence-electron chi connectivity index (χ1n) is 9.78. The average Bonchev–Trinajstić information content (AvgIpc) is 3.39. The third-order valence-electron chi connectivity index (χ3n) is 5.64. The summed E-state index contributed by atoms with van der Waals surface area (Å²) in [5, 5.41) is 2.99. The SMILES string of the molecule is Cc1cc(/C=C/C(=O)OCC(=O)N[C@@H]2CCCC[C@H]2C)c(C)n1C1CC1. The number of amides is 1. The highest BCUT2D eigenvalue weighted by Crippen LogP contribution is 2.38. The van der Waals surface area contributed by atoms with Gasteiger partial charge in [0.05, 0.1) is 0 Å². The van der Waals surface area contributed by atoms with Crippen molar-refractivity contribution in [3.05, 3.63) is 29.1 Å². The molecule has 1 N–H and O–H groups in total. The summed E-state index contributed by atoms with van der Waals surface area (Å²) >= 11 is 0. The number of nitrogens with one attached hydrogen (secondary N) is 1. The van der Waals surface area contributed by atoms with Crippen LogP contribution in [0.2, 0.25) is 0 Å². The van der Waals surface area contributed by atoms with Gasteiger partial charge in [0.1, 0.15) is 0 Å². The average molecular weight is 358 g/mol. The van der Waals surface area contributed by atoms with Crippen LogP contribution in [-0.4, -0.2) is 29.1 Å².